The lowest BCUT2D eigenvalue weighted by molar-refractivity contribution is -0.141. The SMILES string of the molecule is CC(C)(C)OC(=O)N(c1cccc(C(N)(Cc2ccc(Nc3ccccc3)cc2)S(=O)(=O)c2ccccn2)n1)C(C(=O)O)C(C)(C)C. The van der Waals surface area contributed by atoms with Gasteiger partial charge in [0, 0.05) is 24.0 Å². The topological polar surface area (TPSA) is 165 Å². The lowest BCUT2D eigenvalue weighted by Crippen LogP contribution is -2.54. The molecule has 2 unspecified atom stereocenters. The van der Waals surface area contributed by atoms with Crippen molar-refractivity contribution in [3.8, 4) is 0 Å². The second-order valence-corrected chi connectivity index (χ2v) is 15.4. The summed E-state index contributed by atoms with van der Waals surface area (Å²) < 4.78 is 34.3. The number of sulfone groups is 1. The number of benzene rings is 2. The molecule has 0 bridgehead atoms. The van der Waals surface area contributed by atoms with Crippen LogP contribution in [0.25, 0.3) is 0 Å². The van der Waals surface area contributed by atoms with Crippen LogP contribution in [0.5, 0.6) is 0 Å². The molecular formula is C35H41N5O6S. The maximum absolute atomic E-state index is 14.3. The van der Waals surface area contributed by atoms with Crippen molar-refractivity contribution >= 4 is 39.1 Å². The average molecular weight is 660 g/mol. The second-order valence-electron chi connectivity index (χ2n) is 13.3. The van der Waals surface area contributed by atoms with Gasteiger partial charge in [-0.25, -0.2) is 32.9 Å². The summed E-state index contributed by atoms with van der Waals surface area (Å²) in [5.74, 6) is -1.42. The molecule has 2 atom stereocenters. The van der Waals surface area contributed by atoms with Gasteiger partial charge >= 0.3 is 12.1 Å². The lowest BCUT2D eigenvalue weighted by atomic mass is 9.85. The largest absolute Gasteiger partial charge is 0.480 e. The normalized spacial score (nSPS) is 14.0. The molecule has 4 aromatic rings. The quantitative estimate of drug-likeness (QED) is 0.176. The molecule has 0 radical (unpaired) electrons. The number of nitrogens with one attached hydrogen (secondary N) is 1. The molecular weight excluding hydrogens is 618 g/mol. The fourth-order valence-electron chi connectivity index (χ4n) is 5.02. The van der Waals surface area contributed by atoms with E-state index in [-0.39, 0.29) is 23.0 Å². The van der Waals surface area contributed by atoms with E-state index in [1.807, 2.05) is 42.5 Å². The van der Waals surface area contributed by atoms with E-state index in [1.54, 1.807) is 65.8 Å². The molecule has 11 nitrogen and oxygen atoms in total. The summed E-state index contributed by atoms with van der Waals surface area (Å²) in [4.78, 5) is 33.7. The van der Waals surface area contributed by atoms with Gasteiger partial charge in [-0.3, -0.25) is 0 Å². The third-order valence-electron chi connectivity index (χ3n) is 7.19. The minimum atomic E-state index is -4.43. The Morgan fingerprint density at radius 3 is 2.04 bits per heavy atom. The summed E-state index contributed by atoms with van der Waals surface area (Å²) >= 11 is 0. The van der Waals surface area contributed by atoms with Gasteiger partial charge in [0.25, 0.3) is 0 Å². The molecule has 2 aromatic carbocycles. The van der Waals surface area contributed by atoms with Crippen molar-refractivity contribution in [1.82, 2.24) is 9.97 Å². The van der Waals surface area contributed by atoms with Crippen LogP contribution >= 0.6 is 0 Å². The molecule has 248 valence electrons. The van der Waals surface area contributed by atoms with Gasteiger partial charge in [0.05, 0.1) is 5.69 Å². The number of rotatable bonds is 10. The van der Waals surface area contributed by atoms with Gasteiger partial charge in [0.1, 0.15) is 17.5 Å². The standard InChI is InChI=1S/C35H41N5O6S/c1-33(2,3)30(31(41)42)40(32(43)46-34(4,5)6)28-16-12-15-27(39-28)35(36,47(44,45)29-17-10-11-22-37-29)23-24-18-20-26(21-19-24)38-25-13-8-7-9-14-25/h7-22,30,38H,23,36H2,1-6H3,(H,41,42). The molecule has 0 aliphatic rings. The highest BCUT2D eigenvalue weighted by atomic mass is 32.2. The molecule has 0 aliphatic carbocycles. The molecule has 0 fully saturated rings. The van der Waals surface area contributed by atoms with E-state index in [0.29, 0.717) is 5.56 Å². The first-order valence-corrected chi connectivity index (χ1v) is 16.5. The molecule has 2 aromatic heterocycles. The van der Waals surface area contributed by atoms with Crippen LogP contribution in [0.3, 0.4) is 0 Å². The summed E-state index contributed by atoms with van der Waals surface area (Å²) in [6, 6.07) is 24.1. The number of nitrogens with two attached hydrogens (primary N) is 1. The van der Waals surface area contributed by atoms with Crippen molar-refractivity contribution in [3.05, 3.63) is 108 Å². The summed E-state index contributed by atoms with van der Waals surface area (Å²) in [6.45, 7) is 9.98. The predicted molar refractivity (Wildman–Crippen MR) is 181 cm³/mol. The zero-order chi connectivity index (χ0) is 34.6. The summed E-state index contributed by atoms with van der Waals surface area (Å²) in [6.07, 6.45) is 0.176. The fourth-order valence-corrected chi connectivity index (χ4v) is 6.59. The van der Waals surface area contributed by atoms with Crippen molar-refractivity contribution < 1.29 is 27.9 Å². The molecule has 12 heteroatoms. The van der Waals surface area contributed by atoms with E-state index < -0.39 is 43.8 Å². The Morgan fingerprint density at radius 2 is 1.49 bits per heavy atom. The maximum Gasteiger partial charge on any atom is 0.416 e. The highest BCUT2D eigenvalue weighted by molar-refractivity contribution is 7.92. The average Bonchev–Trinajstić information content (AvgIpc) is 3.00. The van der Waals surface area contributed by atoms with Gasteiger partial charge in [-0.2, -0.15) is 0 Å². The van der Waals surface area contributed by atoms with Crippen molar-refractivity contribution in [3.63, 3.8) is 0 Å². The molecule has 47 heavy (non-hydrogen) atoms. The third-order valence-corrected chi connectivity index (χ3v) is 9.30. The highest BCUT2D eigenvalue weighted by Crippen LogP contribution is 2.36. The minimum Gasteiger partial charge on any atom is -0.480 e. The summed E-state index contributed by atoms with van der Waals surface area (Å²) in [5.41, 5.74) is 7.13. The number of carboxylic acid groups (broad SMARTS) is 1. The molecule has 4 rings (SSSR count). The van der Waals surface area contributed by atoms with Crippen LogP contribution in [-0.4, -0.2) is 47.2 Å². The summed E-state index contributed by atoms with van der Waals surface area (Å²) in [5, 5.41) is 13.3. The number of pyridine rings is 2. The zero-order valence-electron chi connectivity index (χ0n) is 27.3. The molecule has 0 spiro atoms. The third kappa shape index (κ3) is 8.13. The number of nitrogens with zero attached hydrogens (tertiary/aromatic N) is 3. The van der Waals surface area contributed by atoms with E-state index in [2.05, 4.69) is 15.3 Å². The number of carbonyl (C=O) groups is 2. The van der Waals surface area contributed by atoms with Crippen molar-refractivity contribution in [2.75, 3.05) is 10.2 Å². The van der Waals surface area contributed by atoms with Crippen molar-refractivity contribution in [2.24, 2.45) is 11.1 Å². The van der Waals surface area contributed by atoms with E-state index in [1.165, 1.54) is 30.5 Å². The monoisotopic (exact) mass is 659 g/mol. The lowest BCUT2D eigenvalue weighted by Gasteiger charge is -2.37. The Hall–Kier alpha value is -4.81. The first kappa shape index (κ1) is 35.1. The number of amides is 1. The number of carbonyl (C=O) groups excluding carboxylic acids is 1. The predicted octanol–water partition coefficient (Wildman–Crippen LogP) is 6.29. The van der Waals surface area contributed by atoms with Crippen LogP contribution in [0.4, 0.5) is 22.0 Å². The van der Waals surface area contributed by atoms with E-state index in [0.717, 1.165) is 16.3 Å². The van der Waals surface area contributed by atoms with Crippen molar-refractivity contribution in [2.45, 2.75) is 69.5 Å². The molecule has 0 saturated heterocycles. The zero-order valence-corrected chi connectivity index (χ0v) is 28.2. The Labute approximate surface area is 275 Å². The number of ether oxygens (including phenoxy) is 1. The van der Waals surface area contributed by atoms with Gasteiger partial charge in [-0.05, 0) is 80.3 Å². The van der Waals surface area contributed by atoms with Gasteiger partial charge in [0.2, 0.25) is 9.84 Å². The number of hydrogen-bond donors (Lipinski definition) is 3. The number of aliphatic carboxylic acids is 1. The first-order chi connectivity index (χ1) is 21.9. The molecule has 2 heterocycles. The smallest absolute Gasteiger partial charge is 0.416 e. The van der Waals surface area contributed by atoms with E-state index in [9.17, 15) is 23.1 Å². The molecule has 1 amide bonds. The highest BCUT2D eigenvalue weighted by Gasteiger charge is 2.47. The van der Waals surface area contributed by atoms with Gasteiger partial charge in [0.15, 0.2) is 9.90 Å². The Bertz CT molecular complexity index is 1810. The number of anilines is 3. The number of para-hydroxylation sites is 1. The number of carboxylic acids is 1. The fraction of sp³-hybridized carbons (Fsp3) is 0.314. The van der Waals surface area contributed by atoms with Crippen LogP contribution in [-0.2, 0) is 30.7 Å². The number of aromatic nitrogens is 2. The molecule has 0 saturated carbocycles. The van der Waals surface area contributed by atoms with Crippen LogP contribution in [0.1, 0.15) is 52.8 Å². The van der Waals surface area contributed by atoms with Crippen molar-refractivity contribution in [1.29, 1.82) is 0 Å². The van der Waals surface area contributed by atoms with Crippen LogP contribution < -0.4 is 16.0 Å². The van der Waals surface area contributed by atoms with Crippen LogP contribution in [0.15, 0.2) is 102 Å². The first-order valence-electron chi connectivity index (χ1n) is 15.0. The second kappa shape index (κ2) is 13.5. The van der Waals surface area contributed by atoms with Gasteiger partial charge in [-0.15, -0.1) is 0 Å². The van der Waals surface area contributed by atoms with Crippen LogP contribution in [0.2, 0.25) is 0 Å². The summed E-state index contributed by atoms with van der Waals surface area (Å²) in [7, 11) is -4.43. The van der Waals surface area contributed by atoms with Crippen LogP contribution in [0, 0.1) is 5.41 Å². The van der Waals surface area contributed by atoms with E-state index >= 15 is 0 Å². The maximum atomic E-state index is 14.3. The Balaban J connectivity index is 1.85. The van der Waals surface area contributed by atoms with Gasteiger partial charge < -0.3 is 20.9 Å². The number of hydrogen-bond acceptors (Lipinski definition) is 9. The molecule has 4 N–H and O–H groups in total. The Morgan fingerprint density at radius 1 is 0.872 bits per heavy atom. The van der Waals surface area contributed by atoms with Gasteiger partial charge in [-0.1, -0.05) is 63.2 Å². The Kier molecular flexibility index (Phi) is 10.1. The minimum absolute atomic E-state index is 0.112. The van der Waals surface area contributed by atoms with E-state index in [4.69, 9.17) is 10.5 Å². The molecule has 0 aliphatic heterocycles.